The van der Waals surface area contributed by atoms with Crippen molar-refractivity contribution in [3.63, 3.8) is 0 Å². The molecule has 0 aliphatic carbocycles. The van der Waals surface area contributed by atoms with Gasteiger partial charge in [-0.1, -0.05) is 13.8 Å². The van der Waals surface area contributed by atoms with Gasteiger partial charge in [-0.15, -0.1) is 0 Å². The summed E-state index contributed by atoms with van der Waals surface area (Å²) < 4.78 is 26.1. The summed E-state index contributed by atoms with van der Waals surface area (Å²) in [4.78, 5) is 1.80. The Morgan fingerprint density at radius 1 is 1.38 bits per heavy atom. The van der Waals surface area contributed by atoms with Crippen LogP contribution < -0.4 is 5.32 Å². The topological polar surface area (TPSA) is 15.3 Å². The fourth-order valence-corrected chi connectivity index (χ4v) is 1.92. The van der Waals surface area contributed by atoms with Crippen LogP contribution in [0.5, 0.6) is 0 Å². The van der Waals surface area contributed by atoms with Crippen LogP contribution in [0.4, 0.5) is 8.78 Å². The molecule has 0 bridgehead atoms. The molecule has 1 rings (SSSR count). The van der Waals surface area contributed by atoms with Crippen molar-refractivity contribution >= 4 is 0 Å². The average molecular weight is 192 g/mol. The minimum absolute atomic E-state index is 0.114. The van der Waals surface area contributed by atoms with E-state index in [0.717, 1.165) is 13.1 Å². The number of rotatable bonds is 4. The Morgan fingerprint density at radius 3 is 2.31 bits per heavy atom. The third-order valence-electron chi connectivity index (χ3n) is 2.19. The van der Waals surface area contributed by atoms with Gasteiger partial charge in [0.2, 0.25) is 0 Å². The van der Waals surface area contributed by atoms with E-state index in [1.165, 1.54) is 0 Å². The first kappa shape index (κ1) is 10.9. The summed E-state index contributed by atoms with van der Waals surface area (Å²) in [5, 5.41) is 2.51. The van der Waals surface area contributed by atoms with Crippen LogP contribution in [0.2, 0.25) is 0 Å². The standard InChI is InChI=1S/C9H18F2N2/c1-8(2)5-13(6-8)7-9(10,11)4-12-3/h12H,4-7H2,1-3H3. The van der Waals surface area contributed by atoms with Crippen molar-refractivity contribution in [3.8, 4) is 0 Å². The van der Waals surface area contributed by atoms with E-state index >= 15 is 0 Å². The van der Waals surface area contributed by atoms with E-state index in [1.807, 2.05) is 0 Å². The van der Waals surface area contributed by atoms with Crippen LogP contribution in [0.15, 0.2) is 0 Å². The molecule has 1 aliphatic heterocycles. The van der Waals surface area contributed by atoms with Gasteiger partial charge in [0.25, 0.3) is 5.92 Å². The highest BCUT2D eigenvalue weighted by Crippen LogP contribution is 2.30. The van der Waals surface area contributed by atoms with E-state index in [2.05, 4.69) is 19.2 Å². The molecule has 0 saturated carbocycles. The first-order valence-electron chi connectivity index (χ1n) is 4.59. The molecule has 1 fully saturated rings. The Morgan fingerprint density at radius 2 is 1.92 bits per heavy atom. The second kappa shape index (κ2) is 3.50. The van der Waals surface area contributed by atoms with Gasteiger partial charge in [-0.2, -0.15) is 0 Å². The van der Waals surface area contributed by atoms with Gasteiger partial charge in [-0.3, -0.25) is 4.90 Å². The van der Waals surface area contributed by atoms with Gasteiger partial charge in [0.15, 0.2) is 0 Å². The molecule has 0 unspecified atom stereocenters. The summed E-state index contributed by atoms with van der Waals surface area (Å²) in [6.45, 7) is 5.42. The molecule has 0 amide bonds. The van der Waals surface area contributed by atoms with Gasteiger partial charge in [0, 0.05) is 13.1 Å². The number of hydrogen-bond donors (Lipinski definition) is 1. The normalized spacial score (nSPS) is 22.8. The fourth-order valence-electron chi connectivity index (χ4n) is 1.92. The summed E-state index contributed by atoms with van der Waals surface area (Å²) >= 11 is 0. The molecule has 0 aromatic rings. The maximum atomic E-state index is 13.0. The van der Waals surface area contributed by atoms with Crippen LogP contribution in [0, 0.1) is 5.41 Å². The minimum Gasteiger partial charge on any atom is -0.314 e. The molecular formula is C9H18F2N2. The summed E-state index contributed by atoms with van der Waals surface area (Å²) in [7, 11) is 1.55. The van der Waals surface area contributed by atoms with Gasteiger partial charge in [0.1, 0.15) is 0 Å². The van der Waals surface area contributed by atoms with Crippen molar-refractivity contribution in [3.05, 3.63) is 0 Å². The molecule has 13 heavy (non-hydrogen) atoms. The summed E-state index contributed by atoms with van der Waals surface area (Å²) in [5.41, 5.74) is 0.232. The molecule has 1 N–H and O–H groups in total. The second-order valence-corrected chi connectivity index (χ2v) is 4.70. The molecule has 0 aromatic heterocycles. The van der Waals surface area contributed by atoms with Crippen LogP contribution in [0.3, 0.4) is 0 Å². The summed E-state index contributed by atoms with van der Waals surface area (Å²) in [5.74, 6) is -2.59. The third kappa shape index (κ3) is 3.19. The van der Waals surface area contributed by atoms with Crippen molar-refractivity contribution in [2.45, 2.75) is 19.8 Å². The molecule has 0 radical (unpaired) electrons. The molecule has 4 heteroatoms. The monoisotopic (exact) mass is 192 g/mol. The van der Waals surface area contributed by atoms with Crippen molar-refractivity contribution in [1.82, 2.24) is 10.2 Å². The highest BCUT2D eigenvalue weighted by molar-refractivity contribution is 4.90. The van der Waals surface area contributed by atoms with Crippen molar-refractivity contribution in [2.75, 3.05) is 33.2 Å². The van der Waals surface area contributed by atoms with Crippen LogP contribution in [0.25, 0.3) is 0 Å². The number of halogens is 2. The number of nitrogens with one attached hydrogen (secondary N) is 1. The van der Waals surface area contributed by atoms with E-state index in [1.54, 1.807) is 11.9 Å². The van der Waals surface area contributed by atoms with Crippen molar-refractivity contribution < 1.29 is 8.78 Å². The van der Waals surface area contributed by atoms with Crippen LogP contribution in [0.1, 0.15) is 13.8 Å². The van der Waals surface area contributed by atoms with E-state index < -0.39 is 5.92 Å². The van der Waals surface area contributed by atoms with E-state index in [9.17, 15) is 8.78 Å². The number of hydrogen-bond acceptors (Lipinski definition) is 2. The van der Waals surface area contributed by atoms with Crippen molar-refractivity contribution in [2.24, 2.45) is 5.41 Å². The SMILES string of the molecule is CNCC(F)(F)CN1CC(C)(C)C1. The maximum Gasteiger partial charge on any atom is 0.272 e. The Kier molecular flexibility index (Phi) is 2.92. The molecule has 2 nitrogen and oxygen atoms in total. The van der Waals surface area contributed by atoms with Gasteiger partial charge in [0.05, 0.1) is 13.1 Å². The lowest BCUT2D eigenvalue weighted by Gasteiger charge is -2.46. The van der Waals surface area contributed by atoms with E-state index in [4.69, 9.17) is 0 Å². The average Bonchev–Trinajstić information content (AvgIpc) is 1.80. The van der Waals surface area contributed by atoms with Crippen LogP contribution in [-0.2, 0) is 0 Å². The quantitative estimate of drug-likeness (QED) is 0.719. The zero-order valence-corrected chi connectivity index (χ0v) is 8.53. The Hall–Kier alpha value is -0.220. The maximum absolute atomic E-state index is 13.0. The van der Waals surface area contributed by atoms with Crippen LogP contribution >= 0.6 is 0 Å². The first-order chi connectivity index (χ1) is 5.85. The molecule has 0 atom stereocenters. The molecule has 1 saturated heterocycles. The molecule has 1 aliphatic rings. The lowest BCUT2D eigenvalue weighted by molar-refractivity contribution is -0.0762. The molecule has 1 heterocycles. The number of nitrogens with zero attached hydrogens (tertiary/aromatic N) is 1. The van der Waals surface area contributed by atoms with E-state index in [0.29, 0.717) is 0 Å². The first-order valence-corrected chi connectivity index (χ1v) is 4.59. The van der Waals surface area contributed by atoms with Gasteiger partial charge in [-0.05, 0) is 12.5 Å². The third-order valence-corrected chi connectivity index (χ3v) is 2.19. The zero-order chi connectivity index (χ0) is 10.1. The Balaban J connectivity index is 2.26. The smallest absolute Gasteiger partial charge is 0.272 e. The Bertz CT molecular complexity index is 172. The van der Waals surface area contributed by atoms with E-state index in [-0.39, 0.29) is 18.5 Å². The fraction of sp³-hybridized carbons (Fsp3) is 1.00. The van der Waals surface area contributed by atoms with Gasteiger partial charge >= 0.3 is 0 Å². The lowest BCUT2D eigenvalue weighted by Crippen LogP contribution is -2.57. The largest absolute Gasteiger partial charge is 0.314 e. The highest BCUT2D eigenvalue weighted by Gasteiger charge is 2.40. The summed E-state index contributed by atoms with van der Waals surface area (Å²) in [6.07, 6.45) is 0. The lowest BCUT2D eigenvalue weighted by atomic mass is 9.84. The minimum atomic E-state index is -2.59. The molecule has 0 spiro atoms. The second-order valence-electron chi connectivity index (χ2n) is 4.70. The molecule has 0 aromatic carbocycles. The highest BCUT2D eigenvalue weighted by atomic mass is 19.3. The predicted octanol–water partition coefficient (Wildman–Crippen LogP) is 1.18. The summed E-state index contributed by atoms with van der Waals surface area (Å²) in [6, 6.07) is 0. The number of alkyl halides is 2. The molecule has 78 valence electrons. The van der Waals surface area contributed by atoms with Gasteiger partial charge < -0.3 is 5.32 Å². The molecular weight excluding hydrogens is 174 g/mol. The van der Waals surface area contributed by atoms with Gasteiger partial charge in [-0.25, -0.2) is 8.78 Å². The Labute approximate surface area is 78.3 Å². The van der Waals surface area contributed by atoms with Crippen molar-refractivity contribution in [1.29, 1.82) is 0 Å². The zero-order valence-electron chi connectivity index (χ0n) is 8.53. The predicted molar refractivity (Wildman–Crippen MR) is 49.1 cm³/mol. The van der Waals surface area contributed by atoms with Crippen LogP contribution in [-0.4, -0.2) is 44.0 Å². The number of likely N-dealkylation sites (tertiary alicyclic amines) is 1.